The number of fused-ring (bicyclic) bond motifs is 2. The minimum Gasteiger partial charge on any atom is -0.487 e. The Morgan fingerprint density at radius 1 is 1.11 bits per heavy atom. The second-order valence-corrected chi connectivity index (χ2v) is 11.4. The average Bonchev–Trinajstić information content (AvgIpc) is 3.33. The van der Waals surface area contributed by atoms with Crippen LogP contribution < -0.4 is 5.73 Å². The summed E-state index contributed by atoms with van der Waals surface area (Å²) in [6.07, 6.45) is 6.21. The summed E-state index contributed by atoms with van der Waals surface area (Å²) < 4.78 is 14.8. The molecule has 0 spiro atoms. The smallest absolute Gasteiger partial charge is 0.134 e. The van der Waals surface area contributed by atoms with Gasteiger partial charge in [-0.05, 0) is 56.1 Å². The van der Waals surface area contributed by atoms with Crippen molar-refractivity contribution in [3.05, 3.63) is 45.1 Å². The predicted molar refractivity (Wildman–Crippen MR) is 119 cm³/mol. The molecule has 3 nitrogen and oxygen atoms in total. The van der Waals surface area contributed by atoms with Gasteiger partial charge in [0.05, 0.1) is 22.8 Å². The molecule has 27 heavy (non-hydrogen) atoms. The summed E-state index contributed by atoms with van der Waals surface area (Å²) in [7, 11) is 0. The van der Waals surface area contributed by atoms with E-state index in [1.807, 2.05) is 18.2 Å². The van der Waals surface area contributed by atoms with E-state index in [0.717, 1.165) is 38.8 Å². The third-order valence-electron chi connectivity index (χ3n) is 6.38. The van der Waals surface area contributed by atoms with Crippen molar-refractivity contribution in [3.8, 4) is 0 Å². The lowest BCUT2D eigenvalue weighted by atomic mass is 9.93. The van der Waals surface area contributed by atoms with Crippen LogP contribution in [0.1, 0.15) is 37.7 Å². The van der Waals surface area contributed by atoms with Crippen molar-refractivity contribution in [3.63, 3.8) is 0 Å². The topological polar surface area (TPSA) is 44.5 Å². The fourth-order valence-electron chi connectivity index (χ4n) is 4.85. The normalized spacial score (nSPS) is 32.9. The molecular formula is C21H24Cl2INO2. The molecule has 6 heteroatoms. The van der Waals surface area contributed by atoms with Crippen molar-refractivity contribution in [2.24, 2.45) is 23.5 Å². The standard InChI is InChI=1S/C21H24Cl2INO2/c22-15-2-1-3-16(23)19(15)20-14(21(11-4-5-11)27-10-24-20)9-26-18-8-12-6-13(18)7-17(12)25/h1-3,11-13,17-18H,4-10,25H2/t12-,13-,17-,18-/m0/s1. The van der Waals surface area contributed by atoms with Crippen LogP contribution in [0.4, 0.5) is 0 Å². The molecule has 0 unspecified atom stereocenters. The summed E-state index contributed by atoms with van der Waals surface area (Å²) in [5.41, 5.74) is 8.45. The summed E-state index contributed by atoms with van der Waals surface area (Å²) in [6, 6.07) is 6.15. The Morgan fingerprint density at radius 2 is 1.89 bits per heavy atom. The largest absolute Gasteiger partial charge is 0.487 e. The van der Waals surface area contributed by atoms with Gasteiger partial charge in [0.15, 0.2) is 0 Å². The minimum atomic E-state index is -0.300. The van der Waals surface area contributed by atoms with E-state index in [-0.39, 0.29) is 20.7 Å². The van der Waals surface area contributed by atoms with Gasteiger partial charge in [0, 0.05) is 26.6 Å². The van der Waals surface area contributed by atoms with E-state index in [4.69, 9.17) is 38.4 Å². The molecule has 4 aliphatic rings. The van der Waals surface area contributed by atoms with Crippen molar-refractivity contribution >= 4 is 47.4 Å². The van der Waals surface area contributed by atoms with Crippen LogP contribution in [0, 0.1) is 17.8 Å². The van der Waals surface area contributed by atoms with Gasteiger partial charge in [0.2, 0.25) is 0 Å². The SMILES string of the molecule is N[C@H]1C[C@@H]2C[C@H]1C[C@@H]2OCC1=C(C2CC2)OCI=C1c1c(Cl)cccc1Cl. The molecule has 0 radical (unpaired) electrons. The van der Waals surface area contributed by atoms with Gasteiger partial charge >= 0.3 is 0 Å². The van der Waals surface area contributed by atoms with E-state index in [1.54, 1.807) is 0 Å². The summed E-state index contributed by atoms with van der Waals surface area (Å²) in [5.74, 6) is 2.97. The Labute approximate surface area is 180 Å². The van der Waals surface area contributed by atoms with E-state index in [0.29, 0.717) is 36.5 Å². The predicted octanol–water partition coefficient (Wildman–Crippen LogP) is 5.28. The van der Waals surface area contributed by atoms with E-state index in [1.165, 1.54) is 28.3 Å². The van der Waals surface area contributed by atoms with E-state index >= 15 is 0 Å². The van der Waals surface area contributed by atoms with Gasteiger partial charge < -0.3 is 15.2 Å². The number of hydrogen-bond donors (Lipinski definition) is 1. The zero-order valence-electron chi connectivity index (χ0n) is 15.1. The highest BCUT2D eigenvalue weighted by Gasteiger charge is 2.45. The molecule has 3 aliphatic carbocycles. The zero-order valence-corrected chi connectivity index (χ0v) is 18.8. The van der Waals surface area contributed by atoms with Crippen molar-refractivity contribution in [1.29, 1.82) is 0 Å². The first-order valence-electron chi connectivity index (χ1n) is 9.75. The van der Waals surface area contributed by atoms with Gasteiger partial charge in [-0.1, -0.05) is 50.0 Å². The van der Waals surface area contributed by atoms with Crippen LogP contribution in [0.3, 0.4) is 0 Å². The lowest BCUT2D eigenvalue weighted by Crippen LogP contribution is -2.34. The lowest BCUT2D eigenvalue weighted by Gasteiger charge is -2.28. The van der Waals surface area contributed by atoms with Crippen molar-refractivity contribution < 1.29 is 9.47 Å². The summed E-state index contributed by atoms with van der Waals surface area (Å²) in [4.78, 5) is 0. The third-order valence-corrected chi connectivity index (χ3v) is 9.59. The van der Waals surface area contributed by atoms with Crippen LogP contribution >= 0.6 is 43.9 Å². The highest BCUT2D eigenvalue weighted by molar-refractivity contribution is 14.2. The molecule has 0 saturated heterocycles. The van der Waals surface area contributed by atoms with Crippen LogP contribution in [-0.2, 0) is 9.47 Å². The fourth-order valence-corrected chi connectivity index (χ4v) is 8.40. The molecule has 2 N–H and O–H groups in total. The van der Waals surface area contributed by atoms with Gasteiger partial charge in [-0.3, -0.25) is 0 Å². The van der Waals surface area contributed by atoms with Crippen LogP contribution in [-0.4, -0.2) is 26.9 Å². The number of alkyl halides is 1. The monoisotopic (exact) mass is 519 g/mol. The first-order chi connectivity index (χ1) is 13.1. The van der Waals surface area contributed by atoms with Crippen LogP contribution in [0.15, 0.2) is 29.5 Å². The molecule has 1 heterocycles. The Kier molecular flexibility index (Phi) is 5.31. The molecule has 0 aromatic heterocycles. The first-order valence-corrected chi connectivity index (χ1v) is 13.1. The minimum absolute atomic E-state index is 0.300. The molecule has 1 aromatic rings. The molecule has 1 aliphatic heterocycles. The number of benzene rings is 1. The first kappa shape index (κ1) is 18.9. The molecule has 2 bridgehead atoms. The van der Waals surface area contributed by atoms with E-state index in [9.17, 15) is 0 Å². The molecule has 146 valence electrons. The second kappa shape index (κ2) is 7.60. The highest BCUT2D eigenvalue weighted by Crippen LogP contribution is 2.47. The summed E-state index contributed by atoms with van der Waals surface area (Å²) >= 11 is 12.8. The molecule has 3 saturated carbocycles. The molecular weight excluding hydrogens is 496 g/mol. The zero-order chi connectivity index (χ0) is 18.5. The Morgan fingerprint density at radius 3 is 2.52 bits per heavy atom. The number of halogens is 3. The number of ether oxygens (including phenoxy) is 2. The summed E-state index contributed by atoms with van der Waals surface area (Å²) in [6.45, 7) is 0.617. The van der Waals surface area contributed by atoms with Gasteiger partial charge in [-0.15, -0.1) is 0 Å². The maximum Gasteiger partial charge on any atom is 0.134 e. The van der Waals surface area contributed by atoms with Crippen molar-refractivity contribution in [2.75, 3.05) is 11.2 Å². The number of hydrogen-bond acceptors (Lipinski definition) is 3. The number of rotatable bonds is 5. The number of allylic oxidation sites excluding steroid dienone is 1. The van der Waals surface area contributed by atoms with Crippen molar-refractivity contribution in [1.82, 2.24) is 0 Å². The Bertz CT molecular complexity index is 798. The third kappa shape index (κ3) is 3.61. The quantitative estimate of drug-likeness (QED) is 0.425. The highest BCUT2D eigenvalue weighted by atomic mass is 127. The van der Waals surface area contributed by atoms with E-state index in [2.05, 4.69) is 0 Å². The maximum atomic E-state index is 6.56. The van der Waals surface area contributed by atoms with E-state index < -0.39 is 0 Å². The molecule has 3 fully saturated rings. The van der Waals surface area contributed by atoms with Crippen LogP contribution in [0.2, 0.25) is 10.0 Å². The van der Waals surface area contributed by atoms with Gasteiger partial charge in [0.25, 0.3) is 0 Å². The van der Waals surface area contributed by atoms with Gasteiger partial charge in [-0.25, -0.2) is 0 Å². The molecule has 0 amide bonds. The number of nitrogens with two attached hydrogens (primary N) is 1. The fraction of sp³-hybridized carbons (Fsp3) is 0.571. The van der Waals surface area contributed by atoms with Gasteiger partial charge in [0.1, 0.15) is 10.4 Å². The lowest BCUT2D eigenvalue weighted by molar-refractivity contribution is 0.0271. The van der Waals surface area contributed by atoms with Gasteiger partial charge in [-0.2, -0.15) is 0 Å². The van der Waals surface area contributed by atoms with Crippen LogP contribution in [0.5, 0.6) is 0 Å². The summed E-state index contributed by atoms with van der Waals surface area (Å²) in [5, 5.41) is 1.47. The van der Waals surface area contributed by atoms with Crippen molar-refractivity contribution in [2.45, 2.75) is 44.2 Å². The average molecular weight is 520 g/mol. The Balaban J connectivity index is 1.42. The maximum absolute atomic E-state index is 6.56. The Hall–Kier alpha value is -0.140. The molecule has 1 aromatic carbocycles. The van der Waals surface area contributed by atoms with Crippen LogP contribution in [0.25, 0.3) is 0 Å². The second-order valence-electron chi connectivity index (χ2n) is 8.16. The molecule has 4 atom stereocenters. The molecule has 5 rings (SSSR count).